The number of hydrogen-bond acceptors (Lipinski definition) is 6. The van der Waals surface area contributed by atoms with Gasteiger partial charge < -0.3 is 15.0 Å². The Bertz CT molecular complexity index is 976. The van der Waals surface area contributed by atoms with E-state index in [9.17, 15) is 4.79 Å². The van der Waals surface area contributed by atoms with Gasteiger partial charge in [-0.3, -0.25) is 4.79 Å². The molecule has 1 aliphatic rings. The van der Waals surface area contributed by atoms with E-state index >= 15 is 0 Å². The van der Waals surface area contributed by atoms with Crippen molar-refractivity contribution in [2.45, 2.75) is 12.8 Å². The van der Waals surface area contributed by atoms with Crippen LogP contribution in [0.4, 0.5) is 10.8 Å². The summed E-state index contributed by atoms with van der Waals surface area (Å²) in [6.07, 6.45) is 1.84. The van der Waals surface area contributed by atoms with Crippen molar-refractivity contribution >= 4 is 38.3 Å². The van der Waals surface area contributed by atoms with E-state index in [-0.39, 0.29) is 18.4 Å². The number of nitrogens with zero attached hydrogens (tertiary/aromatic N) is 3. The molecule has 0 aliphatic carbocycles. The first kappa shape index (κ1) is 18.3. The van der Waals surface area contributed by atoms with Crippen molar-refractivity contribution in [3.8, 4) is 11.8 Å². The summed E-state index contributed by atoms with van der Waals surface area (Å²) in [4.78, 5) is 19.7. The summed E-state index contributed by atoms with van der Waals surface area (Å²) in [5.74, 6) is 0.561. The smallest absolute Gasteiger partial charge is 0.229 e. The minimum atomic E-state index is -0.0738. The van der Waals surface area contributed by atoms with E-state index in [1.807, 2.05) is 24.3 Å². The van der Waals surface area contributed by atoms with Crippen LogP contribution in [0.3, 0.4) is 0 Å². The standard InChI is InChI=1S/C21H20N4O2S/c22-11-13-27-17-9-7-16(8-10-17)23-20(26)15-4-3-12-25(14-15)21-24-18-5-1-2-6-19(18)28-21/h1-2,5-10,15H,3-4,12-14H2,(H,23,26)/t15-/m0/s1. The highest BCUT2D eigenvalue weighted by Gasteiger charge is 2.27. The molecule has 7 heteroatoms. The van der Waals surface area contributed by atoms with Crippen molar-refractivity contribution in [2.24, 2.45) is 5.92 Å². The lowest BCUT2D eigenvalue weighted by atomic mass is 9.97. The van der Waals surface area contributed by atoms with E-state index < -0.39 is 0 Å². The summed E-state index contributed by atoms with van der Waals surface area (Å²) >= 11 is 1.68. The van der Waals surface area contributed by atoms with E-state index in [0.29, 0.717) is 12.3 Å². The molecular formula is C21H20N4O2S. The predicted octanol–water partition coefficient (Wildman–Crippen LogP) is 4.05. The number of aromatic nitrogens is 1. The first-order valence-corrected chi connectivity index (χ1v) is 10.1. The van der Waals surface area contributed by atoms with Crippen molar-refractivity contribution in [3.63, 3.8) is 0 Å². The molecule has 1 N–H and O–H groups in total. The first-order valence-electron chi connectivity index (χ1n) is 9.24. The molecule has 2 aromatic carbocycles. The third-order valence-corrected chi connectivity index (χ3v) is 5.87. The Balaban J connectivity index is 1.39. The minimum absolute atomic E-state index is 0.00931. The van der Waals surface area contributed by atoms with E-state index in [1.54, 1.807) is 35.6 Å². The van der Waals surface area contributed by atoms with Gasteiger partial charge in [-0.1, -0.05) is 23.5 Å². The Hall–Kier alpha value is -3.11. The van der Waals surface area contributed by atoms with Crippen LogP contribution in [0.15, 0.2) is 48.5 Å². The molecule has 142 valence electrons. The quantitative estimate of drug-likeness (QED) is 0.709. The van der Waals surface area contributed by atoms with Gasteiger partial charge in [0.05, 0.1) is 16.1 Å². The molecule has 0 saturated carbocycles. The Labute approximate surface area is 167 Å². The number of amides is 1. The number of hydrogen-bond donors (Lipinski definition) is 1. The number of fused-ring (bicyclic) bond motifs is 1. The van der Waals surface area contributed by atoms with Gasteiger partial charge >= 0.3 is 0 Å². The molecule has 1 fully saturated rings. The number of carbonyl (C=O) groups is 1. The zero-order valence-corrected chi connectivity index (χ0v) is 16.1. The normalized spacial score (nSPS) is 16.5. The summed E-state index contributed by atoms with van der Waals surface area (Å²) in [5.41, 5.74) is 1.74. The first-order chi connectivity index (χ1) is 13.7. The Morgan fingerprint density at radius 2 is 2.11 bits per heavy atom. The van der Waals surface area contributed by atoms with E-state index in [2.05, 4.69) is 16.3 Å². The highest BCUT2D eigenvalue weighted by molar-refractivity contribution is 7.22. The number of para-hydroxylation sites is 1. The molecule has 3 aromatic rings. The molecule has 0 radical (unpaired) electrons. The molecule has 6 nitrogen and oxygen atoms in total. The van der Waals surface area contributed by atoms with Crippen LogP contribution in [-0.2, 0) is 4.79 Å². The van der Waals surface area contributed by atoms with Gasteiger partial charge in [-0.05, 0) is 49.2 Å². The van der Waals surface area contributed by atoms with Gasteiger partial charge in [0.25, 0.3) is 0 Å². The highest BCUT2D eigenvalue weighted by Crippen LogP contribution is 2.31. The lowest BCUT2D eigenvalue weighted by Gasteiger charge is -2.31. The number of rotatable bonds is 5. The molecule has 2 heterocycles. The average Bonchev–Trinajstić information content (AvgIpc) is 3.18. The van der Waals surface area contributed by atoms with Crippen LogP contribution >= 0.6 is 11.3 Å². The Morgan fingerprint density at radius 3 is 2.89 bits per heavy atom. The van der Waals surface area contributed by atoms with Crippen molar-refractivity contribution in [3.05, 3.63) is 48.5 Å². The topological polar surface area (TPSA) is 78.2 Å². The van der Waals surface area contributed by atoms with Gasteiger partial charge in [-0.2, -0.15) is 5.26 Å². The number of piperidine rings is 1. The van der Waals surface area contributed by atoms with Gasteiger partial charge in [-0.15, -0.1) is 0 Å². The molecule has 0 bridgehead atoms. The summed E-state index contributed by atoms with van der Waals surface area (Å²) < 4.78 is 6.40. The predicted molar refractivity (Wildman–Crippen MR) is 111 cm³/mol. The van der Waals surface area contributed by atoms with Gasteiger partial charge in [0.2, 0.25) is 5.91 Å². The summed E-state index contributed by atoms with van der Waals surface area (Å²) in [6, 6.07) is 17.1. The number of anilines is 2. The second-order valence-electron chi connectivity index (χ2n) is 6.71. The molecule has 1 aromatic heterocycles. The van der Waals surface area contributed by atoms with Gasteiger partial charge in [0.1, 0.15) is 11.8 Å². The van der Waals surface area contributed by atoms with Crippen LogP contribution in [0.5, 0.6) is 5.75 Å². The van der Waals surface area contributed by atoms with E-state index in [4.69, 9.17) is 15.0 Å². The molecule has 1 atom stereocenters. The molecule has 1 amide bonds. The lowest BCUT2D eigenvalue weighted by Crippen LogP contribution is -2.40. The van der Waals surface area contributed by atoms with Crippen LogP contribution in [0.25, 0.3) is 10.2 Å². The number of carbonyl (C=O) groups excluding carboxylic acids is 1. The van der Waals surface area contributed by atoms with Crippen molar-refractivity contribution in [1.29, 1.82) is 5.26 Å². The minimum Gasteiger partial charge on any atom is -0.479 e. The highest BCUT2D eigenvalue weighted by atomic mass is 32.1. The third-order valence-electron chi connectivity index (χ3n) is 4.77. The fraction of sp³-hybridized carbons (Fsp3) is 0.286. The Morgan fingerprint density at radius 1 is 1.29 bits per heavy atom. The molecular weight excluding hydrogens is 372 g/mol. The van der Waals surface area contributed by atoms with Crippen LogP contribution in [-0.4, -0.2) is 30.6 Å². The van der Waals surface area contributed by atoms with Crippen LogP contribution in [0, 0.1) is 17.2 Å². The maximum Gasteiger partial charge on any atom is 0.229 e. The van der Waals surface area contributed by atoms with Gasteiger partial charge in [-0.25, -0.2) is 4.98 Å². The van der Waals surface area contributed by atoms with Gasteiger partial charge in [0.15, 0.2) is 11.7 Å². The summed E-state index contributed by atoms with van der Waals surface area (Å²) in [6.45, 7) is 1.61. The largest absolute Gasteiger partial charge is 0.479 e. The fourth-order valence-electron chi connectivity index (χ4n) is 3.35. The number of nitrogens with one attached hydrogen (secondary N) is 1. The molecule has 1 saturated heterocycles. The zero-order valence-electron chi connectivity index (χ0n) is 15.3. The molecule has 28 heavy (non-hydrogen) atoms. The van der Waals surface area contributed by atoms with E-state index in [0.717, 1.165) is 35.7 Å². The molecule has 4 rings (SSSR count). The number of benzene rings is 2. The van der Waals surface area contributed by atoms with Gasteiger partial charge in [0, 0.05) is 18.8 Å². The lowest BCUT2D eigenvalue weighted by molar-refractivity contribution is -0.120. The number of nitriles is 1. The SMILES string of the molecule is N#CCOc1ccc(NC(=O)[C@H]2CCCN(c3nc4ccccc4s3)C2)cc1. The van der Waals surface area contributed by atoms with Crippen LogP contribution < -0.4 is 15.0 Å². The number of ether oxygens (including phenoxy) is 1. The second kappa shape index (κ2) is 8.28. The molecule has 0 unspecified atom stereocenters. The third kappa shape index (κ3) is 4.07. The molecule has 0 spiro atoms. The van der Waals surface area contributed by atoms with Crippen LogP contribution in [0.2, 0.25) is 0 Å². The van der Waals surface area contributed by atoms with Crippen LogP contribution in [0.1, 0.15) is 12.8 Å². The summed E-state index contributed by atoms with van der Waals surface area (Å²) in [7, 11) is 0. The average molecular weight is 392 g/mol. The molecule has 1 aliphatic heterocycles. The fourth-order valence-corrected chi connectivity index (χ4v) is 4.36. The monoisotopic (exact) mass is 392 g/mol. The Kier molecular flexibility index (Phi) is 5.40. The zero-order chi connectivity index (χ0) is 19.3. The summed E-state index contributed by atoms with van der Waals surface area (Å²) in [5, 5.41) is 12.5. The second-order valence-corrected chi connectivity index (χ2v) is 7.72. The maximum atomic E-state index is 12.7. The maximum absolute atomic E-state index is 12.7. The van der Waals surface area contributed by atoms with E-state index in [1.165, 1.54) is 4.70 Å². The van der Waals surface area contributed by atoms with Crippen molar-refractivity contribution in [2.75, 3.05) is 29.9 Å². The number of thiazole rings is 1. The van der Waals surface area contributed by atoms with Crippen molar-refractivity contribution < 1.29 is 9.53 Å². The van der Waals surface area contributed by atoms with Crippen molar-refractivity contribution in [1.82, 2.24) is 4.98 Å².